The van der Waals surface area contributed by atoms with Gasteiger partial charge in [-0.1, -0.05) is 33.8 Å². The van der Waals surface area contributed by atoms with Crippen LogP contribution in [0.1, 0.15) is 61.9 Å². The molecule has 0 radical (unpaired) electrons. The molecule has 102 valence electrons. The zero-order valence-electron chi connectivity index (χ0n) is 12.9. The van der Waals surface area contributed by atoms with Crippen LogP contribution < -0.4 is 0 Å². The first-order valence-electron chi connectivity index (χ1n) is 7.07. The molecule has 2 rings (SSSR count). The van der Waals surface area contributed by atoms with Gasteiger partial charge in [-0.25, -0.2) is 4.68 Å². The Balaban J connectivity index is 2.42. The summed E-state index contributed by atoms with van der Waals surface area (Å²) in [5.74, 6) is 1.09. The van der Waals surface area contributed by atoms with Gasteiger partial charge in [0.15, 0.2) is 0 Å². The standard InChI is InChI=1S/C17H24N2/c1-11(2)16-8-7-15(9-13(16)5)19-10-17(12(3)4)14(6)18-19/h7-12H,1-6H3. The monoisotopic (exact) mass is 256 g/mol. The van der Waals surface area contributed by atoms with E-state index in [9.17, 15) is 0 Å². The van der Waals surface area contributed by atoms with Gasteiger partial charge < -0.3 is 0 Å². The van der Waals surface area contributed by atoms with Crippen LogP contribution in [0.15, 0.2) is 24.4 Å². The van der Waals surface area contributed by atoms with Crippen LogP contribution in [0.2, 0.25) is 0 Å². The van der Waals surface area contributed by atoms with E-state index in [1.807, 2.05) is 4.68 Å². The van der Waals surface area contributed by atoms with Crippen molar-refractivity contribution in [2.45, 2.75) is 53.4 Å². The summed E-state index contributed by atoms with van der Waals surface area (Å²) in [6.07, 6.45) is 2.16. The van der Waals surface area contributed by atoms with Gasteiger partial charge in [0.1, 0.15) is 0 Å². The van der Waals surface area contributed by atoms with Crippen LogP contribution in [0.5, 0.6) is 0 Å². The van der Waals surface area contributed by atoms with Gasteiger partial charge in [-0.3, -0.25) is 0 Å². The van der Waals surface area contributed by atoms with Crippen molar-refractivity contribution in [2.24, 2.45) is 0 Å². The van der Waals surface area contributed by atoms with E-state index in [4.69, 9.17) is 0 Å². The highest BCUT2D eigenvalue weighted by Gasteiger charge is 2.10. The van der Waals surface area contributed by atoms with Crippen molar-refractivity contribution in [1.29, 1.82) is 0 Å². The van der Waals surface area contributed by atoms with Crippen LogP contribution in [0.4, 0.5) is 0 Å². The molecule has 2 aromatic rings. The highest BCUT2D eigenvalue weighted by molar-refractivity contribution is 5.41. The lowest BCUT2D eigenvalue weighted by Crippen LogP contribution is -1.98. The Labute approximate surface area is 116 Å². The molecule has 1 heterocycles. The molecule has 0 atom stereocenters. The van der Waals surface area contributed by atoms with Gasteiger partial charge in [-0.05, 0) is 54.5 Å². The number of rotatable bonds is 3. The van der Waals surface area contributed by atoms with Gasteiger partial charge in [0.05, 0.1) is 11.4 Å². The molecule has 0 spiro atoms. The summed E-state index contributed by atoms with van der Waals surface area (Å²) in [4.78, 5) is 0. The predicted molar refractivity (Wildman–Crippen MR) is 81.2 cm³/mol. The van der Waals surface area contributed by atoms with Gasteiger partial charge in [0, 0.05) is 6.20 Å². The third-order valence-electron chi connectivity index (χ3n) is 3.70. The van der Waals surface area contributed by atoms with Crippen molar-refractivity contribution in [1.82, 2.24) is 9.78 Å². The van der Waals surface area contributed by atoms with Crippen molar-refractivity contribution in [3.05, 3.63) is 46.8 Å². The maximum absolute atomic E-state index is 4.63. The van der Waals surface area contributed by atoms with E-state index in [2.05, 4.69) is 71.0 Å². The maximum Gasteiger partial charge on any atom is 0.0648 e. The van der Waals surface area contributed by atoms with Crippen molar-refractivity contribution in [3.8, 4) is 5.69 Å². The molecule has 0 unspecified atom stereocenters. The minimum absolute atomic E-state index is 0.518. The van der Waals surface area contributed by atoms with Crippen molar-refractivity contribution in [3.63, 3.8) is 0 Å². The Hall–Kier alpha value is -1.57. The summed E-state index contributed by atoms with van der Waals surface area (Å²) < 4.78 is 2.00. The van der Waals surface area contributed by atoms with Crippen LogP contribution in [-0.2, 0) is 0 Å². The van der Waals surface area contributed by atoms with Crippen LogP contribution in [0.3, 0.4) is 0 Å². The van der Waals surface area contributed by atoms with E-state index in [0.717, 1.165) is 11.4 Å². The summed E-state index contributed by atoms with van der Waals surface area (Å²) >= 11 is 0. The molecular weight excluding hydrogens is 232 g/mol. The Morgan fingerprint density at radius 2 is 1.58 bits per heavy atom. The Kier molecular flexibility index (Phi) is 3.79. The Morgan fingerprint density at radius 1 is 0.947 bits per heavy atom. The fourth-order valence-corrected chi connectivity index (χ4v) is 2.62. The first-order chi connectivity index (χ1) is 8.90. The summed E-state index contributed by atoms with van der Waals surface area (Å²) in [7, 11) is 0. The van der Waals surface area contributed by atoms with Crippen LogP contribution >= 0.6 is 0 Å². The third-order valence-corrected chi connectivity index (χ3v) is 3.70. The fourth-order valence-electron chi connectivity index (χ4n) is 2.62. The number of hydrogen-bond acceptors (Lipinski definition) is 1. The van der Waals surface area contributed by atoms with Crippen LogP contribution in [0.25, 0.3) is 5.69 Å². The van der Waals surface area contributed by atoms with E-state index in [1.165, 1.54) is 16.7 Å². The third kappa shape index (κ3) is 2.73. The summed E-state index contributed by atoms with van der Waals surface area (Å²) in [5, 5.41) is 4.63. The van der Waals surface area contributed by atoms with E-state index in [1.54, 1.807) is 0 Å². The average molecular weight is 256 g/mol. The molecule has 0 N–H and O–H groups in total. The van der Waals surface area contributed by atoms with Crippen molar-refractivity contribution in [2.75, 3.05) is 0 Å². The molecule has 0 saturated heterocycles. The molecule has 1 aromatic heterocycles. The lowest BCUT2D eigenvalue weighted by atomic mass is 9.98. The molecule has 2 nitrogen and oxygen atoms in total. The number of nitrogens with zero attached hydrogens (tertiary/aromatic N) is 2. The van der Waals surface area contributed by atoms with E-state index >= 15 is 0 Å². The highest BCUT2D eigenvalue weighted by atomic mass is 15.3. The van der Waals surface area contributed by atoms with Gasteiger partial charge in [0.2, 0.25) is 0 Å². The van der Waals surface area contributed by atoms with Crippen molar-refractivity contribution < 1.29 is 0 Å². The predicted octanol–water partition coefficient (Wildman–Crippen LogP) is 4.74. The van der Waals surface area contributed by atoms with Gasteiger partial charge in [0.25, 0.3) is 0 Å². The lowest BCUT2D eigenvalue weighted by Gasteiger charge is -2.11. The molecule has 0 fully saturated rings. The normalized spacial score (nSPS) is 11.6. The molecule has 1 aromatic carbocycles. The van der Waals surface area contributed by atoms with E-state index in [-0.39, 0.29) is 0 Å². The number of hydrogen-bond donors (Lipinski definition) is 0. The van der Waals surface area contributed by atoms with Gasteiger partial charge in [-0.15, -0.1) is 0 Å². The second-order valence-electron chi connectivity index (χ2n) is 5.96. The second kappa shape index (κ2) is 5.20. The van der Waals surface area contributed by atoms with E-state index in [0.29, 0.717) is 11.8 Å². The zero-order chi connectivity index (χ0) is 14.2. The molecule has 19 heavy (non-hydrogen) atoms. The number of aryl methyl sites for hydroxylation is 2. The van der Waals surface area contributed by atoms with Crippen LogP contribution in [0, 0.1) is 13.8 Å². The fraction of sp³-hybridized carbons (Fsp3) is 0.471. The molecular formula is C17H24N2. The average Bonchev–Trinajstić information content (AvgIpc) is 2.70. The molecule has 0 bridgehead atoms. The number of benzene rings is 1. The van der Waals surface area contributed by atoms with Gasteiger partial charge >= 0.3 is 0 Å². The molecule has 0 aliphatic heterocycles. The summed E-state index contributed by atoms with van der Waals surface area (Å²) in [6.45, 7) is 13.1. The minimum atomic E-state index is 0.518. The number of aromatic nitrogens is 2. The topological polar surface area (TPSA) is 17.8 Å². The SMILES string of the molecule is Cc1cc(-n2cc(C(C)C)c(C)n2)ccc1C(C)C. The van der Waals surface area contributed by atoms with Crippen LogP contribution in [-0.4, -0.2) is 9.78 Å². The largest absolute Gasteiger partial charge is 0.240 e. The Bertz CT molecular complexity index is 577. The zero-order valence-corrected chi connectivity index (χ0v) is 12.9. The highest BCUT2D eigenvalue weighted by Crippen LogP contribution is 2.24. The van der Waals surface area contributed by atoms with E-state index < -0.39 is 0 Å². The maximum atomic E-state index is 4.63. The first-order valence-corrected chi connectivity index (χ1v) is 7.07. The summed E-state index contributed by atoms with van der Waals surface area (Å²) in [5.41, 5.74) is 6.35. The molecule has 2 heteroatoms. The Morgan fingerprint density at radius 3 is 2.05 bits per heavy atom. The molecule has 0 saturated carbocycles. The quantitative estimate of drug-likeness (QED) is 0.776. The second-order valence-corrected chi connectivity index (χ2v) is 5.96. The first kappa shape index (κ1) is 13.9. The molecule has 0 aliphatic rings. The smallest absolute Gasteiger partial charge is 0.0648 e. The van der Waals surface area contributed by atoms with Gasteiger partial charge in [-0.2, -0.15) is 5.10 Å². The lowest BCUT2D eigenvalue weighted by molar-refractivity contribution is 0.838. The molecule has 0 amide bonds. The molecule has 0 aliphatic carbocycles. The summed E-state index contributed by atoms with van der Waals surface area (Å²) in [6, 6.07) is 6.62. The minimum Gasteiger partial charge on any atom is -0.240 e. The van der Waals surface area contributed by atoms with Crippen molar-refractivity contribution >= 4 is 0 Å².